The highest BCUT2D eigenvalue weighted by Gasteiger charge is 2.14. The van der Waals surface area contributed by atoms with Gasteiger partial charge in [-0.05, 0) is 41.9 Å². The van der Waals surface area contributed by atoms with Crippen molar-refractivity contribution in [2.24, 2.45) is 10.9 Å². The molecule has 5 nitrogen and oxygen atoms in total. The molecule has 0 unspecified atom stereocenters. The van der Waals surface area contributed by atoms with E-state index in [0.29, 0.717) is 6.61 Å². The van der Waals surface area contributed by atoms with Crippen molar-refractivity contribution in [3.8, 4) is 5.75 Å². The summed E-state index contributed by atoms with van der Waals surface area (Å²) in [6.45, 7) is 4.42. The molecule has 0 aromatic heterocycles. The summed E-state index contributed by atoms with van der Waals surface area (Å²) < 4.78 is 24.6. The second-order valence-electron chi connectivity index (χ2n) is 3.99. The van der Waals surface area contributed by atoms with Crippen LogP contribution in [0.1, 0.15) is 19.4 Å². The fraction of sp³-hybridized carbons (Fsp3) is 0.417. The highest BCUT2D eigenvalue weighted by Crippen LogP contribution is 2.28. The molecule has 0 aliphatic rings. The molecule has 0 fully saturated rings. The molecule has 106 valence electrons. The molecule has 0 spiro atoms. The van der Waals surface area contributed by atoms with Gasteiger partial charge in [0.2, 0.25) is 0 Å². The monoisotopic (exact) mass is 334 g/mol. The van der Waals surface area contributed by atoms with Crippen LogP contribution in [0.2, 0.25) is 0 Å². The van der Waals surface area contributed by atoms with Gasteiger partial charge in [-0.1, -0.05) is 5.16 Å². The molecule has 7 heteroatoms. The van der Waals surface area contributed by atoms with Gasteiger partial charge in [0.1, 0.15) is 6.61 Å². The summed E-state index contributed by atoms with van der Waals surface area (Å²) in [5, 5.41) is 11.4. The first-order chi connectivity index (χ1) is 8.97. The third-order valence-electron chi connectivity index (χ3n) is 2.22. The summed E-state index contributed by atoms with van der Waals surface area (Å²) in [6, 6.07) is 2.92. The summed E-state index contributed by atoms with van der Waals surface area (Å²) in [6.07, 6.45) is 0.100. The average Bonchev–Trinajstić information content (AvgIpc) is 2.38. The van der Waals surface area contributed by atoms with Crippen molar-refractivity contribution in [3.63, 3.8) is 0 Å². The van der Waals surface area contributed by atoms with Crippen molar-refractivity contribution in [3.05, 3.63) is 28.0 Å². The van der Waals surface area contributed by atoms with Gasteiger partial charge in [0.25, 0.3) is 0 Å². The van der Waals surface area contributed by atoms with Crippen LogP contribution in [-0.2, 0) is 4.74 Å². The molecule has 1 aromatic rings. The Kier molecular flexibility index (Phi) is 6.04. The Balaban J connectivity index is 2.74. The molecule has 1 aromatic carbocycles. The predicted octanol–water partition coefficient (Wildman–Crippen LogP) is 2.49. The number of halogens is 2. The molecule has 0 amide bonds. The van der Waals surface area contributed by atoms with Crippen molar-refractivity contribution in [1.82, 2.24) is 0 Å². The molecule has 3 N–H and O–H groups in total. The minimum absolute atomic E-state index is 0.0775. The van der Waals surface area contributed by atoms with E-state index in [-0.39, 0.29) is 34.3 Å². The van der Waals surface area contributed by atoms with Crippen molar-refractivity contribution in [2.45, 2.75) is 20.0 Å². The van der Waals surface area contributed by atoms with E-state index in [1.54, 1.807) is 0 Å². The van der Waals surface area contributed by atoms with Crippen molar-refractivity contribution in [2.75, 3.05) is 13.2 Å². The largest absolute Gasteiger partial charge is 0.488 e. The van der Waals surface area contributed by atoms with Crippen LogP contribution in [0.3, 0.4) is 0 Å². The van der Waals surface area contributed by atoms with Gasteiger partial charge in [-0.25, -0.2) is 4.39 Å². The molecule has 0 aliphatic carbocycles. The van der Waals surface area contributed by atoms with E-state index < -0.39 is 5.82 Å². The van der Waals surface area contributed by atoms with Gasteiger partial charge in [-0.3, -0.25) is 0 Å². The Bertz CT molecular complexity index is 467. The van der Waals surface area contributed by atoms with E-state index in [4.69, 9.17) is 20.4 Å². The molecule has 19 heavy (non-hydrogen) atoms. The normalized spacial score (nSPS) is 11.9. The molecule has 0 radical (unpaired) electrons. The number of ether oxygens (including phenoxy) is 2. The summed E-state index contributed by atoms with van der Waals surface area (Å²) in [5.74, 6) is -0.706. The molecule has 0 heterocycles. The fourth-order valence-corrected chi connectivity index (χ4v) is 1.86. The second-order valence-corrected chi connectivity index (χ2v) is 4.79. The van der Waals surface area contributed by atoms with E-state index >= 15 is 0 Å². The number of hydrogen-bond acceptors (Lipinski definition) is 4. The minimum atomic E-state index is -0.603. The van der Waals surface area contributed by atoms with E-state index in [1.165, 1.54) is 12.1 Å². The standard InChI is InChI=1S/C12H16BrFN2O3/c1-7(2)18-5-6-19-9-4-3-8(12(15)16-17)10(13)11(9)14/h3-4,7,17H,5-6H2,1-2H3,(H2,15,16). The van der Waals surface area contributed by atoms with E-state index in [0.717, 1.165) is 0 Å². The molecule has 0 saturated carbocycles. The maximum Gasteiger partial charge on any atom is 0.179 e. The molecule has 0 saturated heterocycles. The van der Waals surface area contributed by atoms with Gasteiger partial charge in [0.05, 0.1) is 17.2 Å². The Morgan fingerprint density at radius 2 is 2.16 bits per heavy atom. The SMILES string of the molecule is CC(C)OCCOc1ccc(/C(N)=N/O)c(Br)c1F. The first-order valence-electron chi connectivity index (χ1n) is 5.67. The molecule has 0 atom stereocenters. The number of hydrogen-bond donors (Lipinski definition) is 2. The van der Waals surface area contributed by atoms with Gasteiger partial charge in [-0.2, -0.15) is 0 Å². The highest BCUT2D eigenvalue weighted by molar-refractivity contribution is 9.10. The number of benzene rings is 1. The van der Waals surface area contributed by atoms with Gasteiger partial charge >= 0.3 is 0 Å². The van der Waals surface area contributed by atoms with Crippen LogP contribution in [0, 0.1) is 5.82 Å². The lowest BCUT2D eigenvalue weighted by molar-refractivity contribution is 0.0544. The van der Waals surface area contributed by atoms with E-state index in [9.17, 15) is 4.39 Å². The third-order valence-corrected chi connectivity index (χ3v) is 3.00. The zero-order valence-electron chi connectivity index (χ0n) is 10.7. The first kappa shape index (κ1) is 15.7. The van der Waals surface area contributed by atoms with Gasteiger partial charge in [0, 0.05) is 5.56 Å². The maximum atomic E-state index is 13.9. The zero-order valence-corrected chi connectivity index (χ0v) is 12.3. The lowest BCUT2D eigenvalue weighted by Gasteiger charge is -2.12. The topological polar surface area (TPSA) is 77.1 Å². The molecule has 0 bridgehead atoms. The number of amidine groups is 1. The molecular weight excluding hydrogens is 319 g/mol. The van der Waals surface area contributed by atoms with Crippen LogP contribution in [0.15, 0.2) is 21.8 Å². The summed E-state index contributed by atoms with van der Waals surface area (Å²) >= 11 is 3.05. The van der Waals surface area contributed by atoms with Crippen LogP contribution >= 0.6 is 15.9 Å². The smallest absolute Gasteiger partial charge is 0.179 e. The number of oxime groups is 1. The highest BCUT2D eigenvalue weighted by atomic mass is 79.9. The van der Waals surface area contributed by atoms with Gasteiger partial charge in [-0.15, -0.1) is 0 Å². The Labute approximate surface area is 119 Å². The van der Waals surface area contributed by atoms with Crippen LogP contribution in [-0.4, -0.2) is 30.4 Å². The third kappa shape index (κ3) is 4.36. The number of nitrogens with two attached hydrogens (primary N) is 1. The lowest BCUT2D eigenvalue weighted by Crippen LogP contribution is -2.15. The maximum absolute atomic E-state index is 13.9. The summed E-state index contributed by atoms with van der Waals surface area (Å²) in [4.78, 5) is 0. The van der Waals surface area contributed by atoms with E-state index in [1.807, 2.05) is 13.8 Å². The minimum Gasteiger partial charge on any atom is -0.488 e. The van der Waals surface area contributed by atoms with Crippen molar-refractivity contribution < 1.29 is 19.1 Å². The van der Waals surface area contributed by atoms with Crippen LogP contribution < -0.4 is 10.5 Å². The molecule has 1 rings (SSSR count). The van der Waals surface area contributed by atoms with Crippen molar-refractivity contribution >= 4 is 21.8 Å². The number of rotatable bonds is 6. The number of nitrogens with zero attached hydrogens (tertiary/aromatic N) is 1. The van der Waals surface area contributed by atoms with Crippen LogP contribution in [0.25, 0.3) is 0 Å². The zero-order chi connectivity index (χ0) is 14.4. The summed E-state index contributed by atoms with van der Waals surface area (Å²) in [7, 11) is 0. The van der Waals surface area contributed by atoms with Gasteiger partial charge < -0.3 is 20.4 Å². The van der Waals surface area contributed by atoms with Crippen LogP contribution in [0.5, 0.6) is 5.75 Å². The lowest BCUT2D eigenvalue weighted by atomic mass is 10.2. The fourth-order valence-electron chi connectivity index (χ4n) is 1.33. The predicted molar refractivity (Wildman–Crippen MR) is 73.2 cm³/mol. The Morgan fingerprint density at radius 1 is 1.47 bits per heavy atom. The molecular formula is C12H16BrFN2O3. The molecule has 0 aliphatic heterocycles. The quantitative estimate of drug-likeness (QED) is 0.275. The first-order valence-corrected chi connectivity index (χ1v) is 6.47. The Morgan fingerprint density at radius 3 is 2.74 bits per heavy atom. The van der Waals surface area contributed by atoms with Crippen LogP contribution in [0.4, 0.5) is 4.39 Å². The van der Waals surface area contributed by atoms with Gasteiger partial charge in [0.15, 0.2) is 17.4 Å². The second kappa shape index (κ2) is 7.30. The van der Waals surface area contributed by atoms with E-state index in [2.05, 4.69) is 21.1 Å². The Hall–Kier alpha value is -1.34. The van der Waals surface area contributed by atoms with Crippen molar-refractivity contribution in [1.29, 1.82) is 0 Å². The summed E-state index contributed by atoms with van der Waals surface area (Å²) in [5.41, 5.74) is 5.67. The average molecular weight is 335 g/mol.